The van der Waals surface area contributed by atoms with Crippen LogP contribution in [0.4, 0.5) is 4.79 Å². The van der Waals surface area contributed by atoms with Gasteiger partial charge in [0.2, 0.25) is 0 Å². The monoisotopic (exact) mass is 305 g/mol. The van der Waals surface area contributed by atoms with E-state index >= 15 is 0 Å². The van der Waals surface area contributed by atoms with Crippen molar-refractivity contribution in [2.75, 3.05) is 0 Å². The van der Waals surface area contributed by atoms with E-state index in [2.05, 4.69) is 39.9 Å². The molecule has 2 N–H and O–H groups in total. The second-order valence-corrected chi connectivity index (χ2v) is 5.52. The van der Waals surface area contributed by atoms with E-state index in [4.69, 9.17) is 0 Å². The minimum absolute atomic E-state index is 0.0616. The maximum Gasteiger partial charge on any atom is 0.315 e. The molecule has 0 radical (unpaired) electrons. The van der Waals surface area contributed by atoms with Crippen LogP contribution in [-0.4, -0.2) is 11.0 Å². The van der Waals surface area contributed by atoms with Crippen molar-refractivity contribution in [3.05, 3.63) is 78.1 Å². The Morgan fingerprint density at radius 2 is 1.91 bits per heavy atom. The topological polar surface area (TPSA) is 54.0 Å². The Bertz CT molecular complexity index is 802. The summed E-state index contributed by atoms with van der Waals surface area (Å²) < 4.78 is 0. The van der Waals surface area contributed by atoms with Crippen molar-refractivity contribution in [1.29, 1.82) is 0 Å². The zero-order valence-electron chi connectivity index (χ0n) is 13.0. The summed E-state index contributed by atoms with van der Waals surface area (Å²) in [4.78, 5) is 16.0. The maximum atomic E-state index is 12.0. The summed E-state index contributed by atoms with van der Waals surface area (Å²) in [6, 6.07) is 18.0. The van der Waals surface area contributed by atoms with E-state index in [1.807, 2.05) is 37.3 Å². The van der Waals surface area contributed by atoms with Crippen LogP contribution in [0.15, 0.2) is 67.0 Å². The van der Waals surface area contributed by atoms with Crippen LogP contribution in [0.2, 0.25) is 0 Å². The maximum absolute atomic E-state index is 12.0. The number of pyridine rings is 1. The fourth-order valence-corrected chi connectivity index (χ4v) is 2.49. The van der Waals surface area contributed by atoms with Gasteiger partial charge in [0.25, 0.3) is 0 Å². The predicted octanol–water partition coefficient (Wildman–Crippen LogP) is 3.80. The number of nitrogens with zero attached hydrogens (tertiary/aromatic N) is 1. The van der Waals surface area contributed by atoms with E-state index in [9.17, 15) is 4.79 Å². The summed E-state index contributed by atoms with van der Waals surface area (Å²) in [6.07, 6.45) is 3.46. The van der Waals surface area contributed by atoms with Gasteiger partial charge in [-0.3, -0.25) is 4.98 Å². The SMILES string of the molecule is C[C@@H](NC(=O)NCc1cccnc1)c1ccc2ccccc2c1. The van der Waals surface area contributed by atoms with Gasteiger partial charge in [0.1, 0.15) is 0 Å². The average Bonchev–Trinajstić information content (AvgIpc) is 2.60. The van der Waals surface area contributed by atoms with Crippen molar-refractivity contribution in [2.24, 2.45) is 0 Å². The summed E-state index contributed by atoms with van der Waals surface area (Å²) >= 11 is 0. The number of carbonyl (C=O) groups excluding carboxylic acids is 1. The summed E-state index contributed by atoms with van der Waals surface area (Å²) in [5.74, 6) is 0. The summed E-state index contributed by atoms with van der Waals surface area (Å²) in [5.41, 5.74) is 2.06. The molecule has 116 valence electrons. The quantitative estimate of drug-likeness (QED) is 0.770. The van der Waals surface area contributed by atoms with Crippen molar-refractivity contribution in [3.63, 3.8) is 0 Å². The van der Waals surface area contributed by atoms with Crippen LogP contribution in [0.1, 0.15) is 24.1 Å². The standard InChI is InChI=1S/C19H19N3O/c1-14(17-9-8-16-6-2-3-7-18(16)11-17)22-19(23)21-13-15-5-4-10-20-12-15/h2-12,14H,13H2,1H3,(H2,21,22,23)/t14-/m1/s1. The third kappa shape index (κ3) is 3.86. The molecule has 0 aliphatic carbocycles. The smallest absolute Gasteiger partial charge is 0.315 e. The van der Waals surface area contributed by atoms with Crippen LogP contribution in [0.5, 0.6) is 0 Å². The molecule has 2 amide bonds. The molecule has 0 bridgehead atoms. The van der Waals surface area contributed by atoms with E-state index in [1.165, 1.54) is 10.8 Å². The molecule has 3 aromatic rings. The van der Waals surface area contributed by atoms with Gasteiger partial charge in [-0.15, -0.1) is 0 Å². The number of benzene rings is 2. The van der Waals surface area contributed by atoms with Crippen LogP contribution < -0.4 is 10.6 Å². The highest BCUT2D eigenvalue weighted by Crippen LogP contribution is 2.20. The molecule has 4 nitrogen and oxygen atoms in total. The summed E-state index contributed by atoms with van der Waals surface area (Å²) in [5, 5.41) is 8.18. The van der Waals surface area contributed by atoms with E-state index in [0.717, 1.165) is 11.1 Å². The number of hydrogen-bond donors (Lipinski definition) is 2. The first kappa shape index (κ1) is 15.0. The Hall–Kier alpha value is -2.88. The van der Waals surface area contributed by atoms with E-state index < -0.39 is 0 Å². The van der Waals surface area contributed by atoms with Gasteiger partial charge in [0, 0.05) is 18.9 Å². The second-order valence-electron chi connectivity index (χ2n) is 5.52. The van der Waals surface area contributed by atoms with Gasteiger partial charge in [0.15, 0.2) is 0 Å². The number of aromatic nitrogens is 1. The van der Waals surface area contributed by atoms with Gasteiger partial charge < -0.3 is 10.6 Å². The first-order valence-corrected chi connectivity index (χ1v) is 7.64. The van der Waals surface area contributed by atoms with Gasteiger partial charge in [-0.2, -0.15) is 0 Å². The Morgan fingerprint density at radius 1 is 1.09 bits per heavy atom. The van der Waals surface area contributed by atoms with Gasteiger partial charge >= 0.3 is 6.03 Å². The third-order valence-electron chi connectivity index (χ3n) is 3.80. The lowest BCUT2D eigenvalue weighted by Gasteiger charge is -2.15. The average molecular weight is 305 g/mol. The number of amides is 2. The second kappa shape index (κ2) is 6.92. The van der Waals surface area contributed by atoms with Gasteiger partial charge in [0.05, 0.1) is 6.04 Å². The third-order valence-corrected chi connectivity index (χ3v) is 3.80. The molecule has 1 aromatic heterocycles. The van der Waals surface area contributed by atoms with Gasteiger partial charge in [-0.1, -0.05) is 42.5 Å². The summed E-state index contributed by atoms with van der Waals surface area (Å²) in [7, 11) is 0. The van der Waals surface area contributed by atoms with Crippen LogP contribution in [0.3, 0.4) is 0 Å². The van der Waals surface area contributed by atoms with Crippen molar-refractivity contribution in [2.45, 2.75) is 19.5 Å². The van der Waals surface area contributed by atoms with Crippen LogP contribution in [0, 0.1) is 0 Å². The highest BCUT2D eigenvalue weighted by molar-refractivity contribution is 5.83. The zero-order valence-corrected chi connectivity index (χ0v) is 13.0. The van der Waals surface area contributed by atoms with E-state index in [-0.39, 0.29) is 12.1 Å². The molecule has 0 aliphatic rings. The molecule has 0 fully saturated rings. The van der Waals surface area contributed by atoms with Gasteiger partial charge in [-0.05, 0) is 41.0 Å². The van der Waals surface area contributed by atoms with Crippen LogP contribution in [-0.2, 0) is 6.54 Å². The Kier molecular flexibility index (Phi) is 4.52. The molecule has 1 atom stereocenters. The first-order valence-electron chi connectivity index (χ1n) is 7.64. The summed E-state index contributed by atoms with van der Waals surface area (Å²) in [6.45, 7) is 2.44. The highest BCUT2D eigenvalue weighted by Gasteiger charge is 2.09. The number of hydrogen-bond acceptors (Lipinski definition) is 2. The fraction of sp³-hybridized carbons (Fsp3) is 0.158. The van der Waals surface area contributed by atoms with Gasteiger partial charge in [-0.25, -0.2) is 4.79 Å². The Morgan fingerprint density at radius 3 is 2.70 bits per heavy atom. The minimum atomic E-state index is -0.186. The molecular formula is C19H19N3O. The molecule has 0 unspecified atom stereocenters. The van der Waals surface area contributed by atoms with Crippen LogP contribution >= 0.6 is 0 Å². The molecule has 0 saturated carbocycles. The van der Waals surface area contributed by atoms with Crippen LogP contribution in [0.25, 0.3) is 10.8 Å². The predicted molar refractivity (Wildman–Crippen MR) is 92.0 cm³/mol. The lowest BCUT2D eigenvalue weighted by molar-refractivity contribution is 0.237. The van der Waals surface area contributed by atoms with Crippen molar-refractivity contribution >= 4 is 16.8 Å². The number of carbonyl (C=O) groups is 1. The van der Waals surface area contributed by atoms with Crippen molar-refractivity contribution < 1.29 is 4.79 Å². The normalized spacial score (nSPS) is 11.9. The van der Waals surface area contributed by atoms with Crippen molar-refractivity contribution in [1.82, 2.24) is 15.6 Å². The zero-order chi connectivity index (χ0) is 16.1. The number of urea groups is 1. The largest absolute Gasteiger partial charge is 0.334 e. The fourth-order valence-electron chi connectivity index (χ4n) is 2.49. The Labute approximate surface area is 135 Å². The molecule has 4 heteroatoms. The van der Waals surface area contributed by atoms with Crippen molar-refractivity contribution in [3.8, 4) is 0 Å². The molecule has 3 rings (SSSR count). The lowest BCUT2D eigenvalue weighted by Crippen LogP contribution is -2.36. The molecule has 0 saturated heterocycles. The number of nitrogens with one attached hydrogen (secondary N) is 2. The highest BCUT2D eigenvalue weighted by atomic mass is 16.2. The first-order chi connectivity index (χ1) is 11.2. The molecule has 2 aromatic carbocycles. The number of fused-ring (bicyclic) bond motifs is 1. The molecule has 0 aliphatic heterocycles. The van der Waals surface area contributed by atoms with E-state index in [0.29, 0.717) is 6.54 Å². The molecule has 0 spiro atoms. The molecule has 23 heavy (non-hydrogen) atoms. The molecule has 1 heterocycles. The van der Waals surface area contributed by atoms with E-state index in [1.54, 1.807) is 12.4 Å². The Balaban J connectivity index is 1.61. The number of rotatable bonds is 4. The molecular weight excluding hydrogens is 286 g/mol. The lowest BCUT2D eigenvalue weighted by atomic mass is 10.0. The minimum Gasteiger partial charge on any atom is -0.334 e.